The number of halogens is 2. The number of carbonyl (C=O) groups excluding carboxylic acids is 1. The Morgan fingerprint density at radius 2 is 1.92 bits per heavy atom. The van der Waals surface area contributed by atoms with Crippen LogP contribution in [0.2, 0.25) is 10.0 Å². The van der Waals surface area contributed by atoms with Crippen LogP contribution in [0.3, 0.4) is 0 Å². The number of ether oxygens (including phenoxy) is 2. The van der Waals surface area contributed by atoms with E-state index in [2.05, 4.69) is 4.98 Å². The topological polar surface area (TPSA) is 51.3 Å². The smallest absolute Gasteiger partial charge is 0.354 e. The van der Waals surface area contributed by atoms with E-state index in [0.29, 0.717) is 45.6 Å². The van der Waals surface area contributed by atoms with Crippen LogP contribution in [-0.2, 0) is 11.3 Å². The van der Waals surface area contributed by atoms with Gasteiger partial charge in [-0.3, -0.25) is 0 Å². The van der Waals surface area contributed by atoms with Crippen LogP contribution < -0.4 is 4.74 Å². The molecule has 0 fully saturated rings. The Hall–Kier alpha value is -2.17. The molecule has 0 amide bonds. The van der Waals surface area contributed by atoms with Crippen molar-refractivity contribution in [3.63, 3.8) is 0 Å². The van der Waals surface area contributed by atoms with Gasteiger partial charge < -0.3 is 14.5 Å². The number of nitrogens with one attached hydrogen (secondary N) is 1. The second kappa shape index (κ2) is 7.16. The summed E-state index contributed by atoms with van der Waals surface area (Å²) < 4.78 is 10.8. The molecule has 3 aromatic rings. The van der Waals surface area contributed by atoms with Gasteiger partial charge in [-0.2, -0.15) is 0 Å². The lowest BCUT2D eigenvalue weighted by Crippen LogP contribution is -2.04. The largest absolute Gasteiger partial charge is 0.486 e. The number of hydrogen-bond acceptors (Lipinski definition) is 3. The Morgan fingerprint density at radius 1 is 1.17 bits per heavy atom. The molecule has 0 atom stereocenters. The lowest BCUT2D eigenvalue weighted by molar-refractivity contribution is 0.0520. The predicted octanol–water partition coefficient (Wildman–Crippen LogP) is 5.23. The molecule has 0 aliphatic heterocycles. The van der Waals surface area contributed by atoms with Crippen LogP contribution >= 0.6 is 23.2 Å². The van der Waals surface area contributed by atoms with Crippen molar-refractivity contribution in [1.82, 2.24) is 4.98 Å². The first-order valence-corrected chi connectivity index (χ1v) is 8.20. The average molecular weight is 364 g/mol. The van der Waals surface area contributed by atoms with Gasteiger partial charge in [0.1, 0.15) is 12.3 Å². The monoisotopic (exact) mass is 363 g/mol. The Kier molecular flexibility index (Phi) is 4.97. The fourth-order valence-corrected chi connectivity index (χ4v) is 2.99. The van der Waals surface area contributed by atoms with E-state index in [4.69, 9.17) is 32.7 Å². The van der Waals surface area contributed by atoms with Crippen molar-refractivity contribution in [2.45, 2.75) is 13.5 Å². The van der Waals surface area contributed by atoms with E-state index in [1.807, 2.05) is 30.3 Å². The second-order valence-electron chi connectivity index (χ2n) is 5.14. The van der Waals surface area contributed by atoms with Crippen LogP contribution in [0.4, 0.5) is 0 Å². The summed E-state index contributed by atoms with van der Waals surface area (Å²) in [7, 11) is 0. The van der Waals surface area contributed by atoms with Crippen molar-refractivity contribution in [3.8, 4) is 5.75 Å². The van der Waals surface area contributed by atoms with Gasteiger partial charge in [-0.25, -0.2) is 4.79 Å². The molecule has 1 heterocycles. The highest BCUT2D eigenvalue weighted by Crippen LogP contribution is 2.40. The highest BCUT2D eigenvalue weighted by molar-refractivity contribution is 6.41. The van der Waals surface area contributed by atoms with Crippen molar-refractivity contribution in [3.05, 3.63) is 63.8 Å². The molecule has 2 aromatic carbocycles. The number of fused-ring (bicyclic) bond motifs is 1. The van der Waals surface area contributed by atoms with E-state index in [0.717, 1.165) is 5.56 Å². The zero-order valence-corrected chi connectivity index (χ0v) is 14.4. The van der Waals surface area contributed by atoms with Crippen molar-refractivity contribution < 1.29 is 14.3 Å². The van der Waals surface area contributed by atoms with Crippen LogP contribution in [-0.4, -0.2) is 17.6 Å². The molecule has 1 aromatic heterocycles. The SMILES string of the molecule is CCOC(=O)c1cc2c(Cl)c(OCc3ccccc3)c(Cl)cc2[nH]1. The summed E-state index contributed by atoms with van der Waals surface area (Å²) in [5, 5.41) is 1.40. The number of carbonyl (C=O) groups is 1. The molecule has 6 heteroatoms. The van der Waals surface area contributed by atoms with Crippen LogP contribution in [0.15, 0.2) is 42.5 Å². The fourth-order valence-electron chi connectivity index (χ4n) is 2.37. The number of aromatic nitrogens is 1. The minimum atomic E-state index is -0.437. The highest BCUT2D eigenvalue weighted by Gasteiger charge is 2.17. The minimum Gasteiger partial charge on any atom is -0.486 e. The van der Waals surface area contributed by atoms with Crippen molar-refractivity contribution in [2.75, 3.05) is 6.61 Å². The minimum absolute atomic E-state index is 0.300. The number of hydrogen-bond donors (Lipinski definition) is 1. The van der Waals surface area contributed by atoms with Gasteiger partial charge in [0, 0.05) is 10.9 Å². The third-order valence-corrected chi connectivity index (χ3v) is 4.15. The Labute approximate surface area is 149 Å². The number of esters is 1. The molecule has 0 spiro atoms. The van der Waals surface area contributed by atoms with Gasteiger partial charge >= 0.3 is 5.97 Å². The standard InChI is InChI=1S/C18H15Cl2NO3/c1-2-23-18(22)15-8-12-14(21-15)9-13(19)17(16(12)20)24-10-11-6-4-3-5-7-11/h3-9,21H,2,10H2,1H3. The summed E-state index contributed by atoms with van der Waals surface area (Å²) in [6.07, 6.45) is 0. The van der Waals surface area contributed by atoms with Crippen LogP contribution in [0.5, 0.6) is 5.75 Å². The molecule has 0 saturated heterocycles. The van der Waals surface area contributed by atoms with Crippen molar-refractivity contribution in [1.29, 1.82) is 0 Å². The summed E-state index contributed by atoms with van der Waals surface area (Å²) in [6, 6.07) is 13.0. The van der Waals surface area contributed by atoms with Gasteiger partial charge in [0.15, 0.2) is 5.75 Å². The lowest BCUT2D eigenvalue weighted by atomic mass is 10.2. The molecule has 0 aliphatic carbocycles. The third-order valence-electron chi connectivity index (χ3n) is 3.49. The van der Waals surface area contributed by atoms with Gasteiger partial charge in [-0.15, -0.1) is 0 Å². The van der Waals surface area contributed by atoms with Crippen LogP contribution in [0.1, 0.15) is 23.0 Å². The third kappa shape index (κ3) is 3.35. The molecule has 0 saturated carbocycles. The molecule has 0 aliphatic rings. The van der Waals surface area contributed by atoms with Gasteiger partial charge in [0.05, 0.1) is 16.7 Å². The summed E-state index contributed by atoms with van der Waals surface area (Å²) in [5.41, 5.74) is 1.98. The van der Waals surface area contributed by atoms with E-state index >= 15 is 0 Å². The Morgan fingerprint density at radius 3 is 2.62 bits per heavy atom. The summed E-state index contributed by atoms with van der Waals surface area (Å²) in [6.45, 7) is 2.40. The first-order chi connectivity index (χ1) is 11.6. The fraction of sp³-hybridized carbons (Fsp3) is 0.167. The summed E-state index contributed by atoms with van der Waals surface area (Å²) in [4.78, 5) is 14.8. The van der Waals surface area contributed by atoms with E-state index in [1.165, 1.54) is 0 Å². The first kappa shape index (κ1) is 16.7. The average Bonchev–Trinajstić information content (AvgIpc) is 3.00. The first-order valence-electron chi connectivity index (χ1n) is 7.44. The molecule has 3 rings (SSSR count). The van der Waals surface area contributed by atoms with Gasteiger partial charge in [0.25, 0.3) is 0 Å². The number of aromatic amines is 1. The zero-order chi connectivity index (χ0) is 17.1. The molecule has 124 valence electrons. The highest BCUT2D eigenvalue weighted by atomic mass is 35.5. The molecule has 1 N–H and O–H groups in total. The van der Waals surface area contributed by atoms with Gasteiger partial charge in [-0.05, 0) is 24.6 Å². The molecule has 24 heavy (non-hydrogen) atoms. The van der Waals surface area contributed by atoms with E-state index in [-0.39, 0.29) is 0 Å². The summed E-state index contributed by atoms with van der Waals surface area (Å²) in [5.74, 6) is -0.0447. The van der Waals surface area contributed by atoms with E-state index < -0.39 is 5.97 Å². The number of rotatable bonds is 5. The quantitative estimate of drug-likeness (QED) is 0.631. The lowest BCUT2D eigenvalue weighted by Gasteiger charge is -2.10. The van der Waals surface area contributed by atoms with E-state index in [1.54, 1.807) is 19.1 Å². The Balaban J connectivity index is 1.92. The maximum absolute atomic E-state index is 11.8. The summed E-state index contributed by atoms with van der Waals surface area (Å²) >= 11 is 12.7. The molecular formula is C18H15Cl2NO3. The van der Waals surface area contributed by atoms with E-state index in [9.17, 15) is 4.79 Å². The second-order valence-corrected chi connectivity index (χ2v) is 5.93. The molecule has 0 bridgehead atoms. The maximum atomic E-state index is 11.8. The van der Waals surface area contributed by atoms with Crippen molar-refractivity contribution in [2.24, 2.45) is 0 Å². The molecule has 0 unspecified atom stereocenters. The molecule has 0 radical (unpaired) electrons. The number of H-pyrrole nitrogens is 1. The van der Waals surface area contributed by atoms with Gasteiger partial charge in [0.2, 0.25) is 0 Å². The predicted molar refractivity (Wildman–Crippen MR) is 95.0 cm³/mol. The van der Waals surface area contributed by atoms with Crippen LogP contribution in [0.25, 0.3) is 10.9 Å². The maximum Gasteiger partial charge on any atom is 0.354 e. The molecule has 4 nitrogen and oxygen atoms in total. The van der Waals surface area contributed by atoms with Crippen molar-refractivity contribution >= 4 is 40.1 Å². The van der Waals surface area contributed by atoms with Gasteiger partial charge in [-0.1, -0.05) is 53.5 Å². The zero-order valence-electron chi connectivity index (χ0n) is 12.9. The number of benzene rings is 2. The van der Waals surface area contributed by atoms with Crippen LogP contribution in [0, 0.1) is 0 Å². The Bertz CT molecular complexity index is 875. The normalized spacial score (nSPS) is 10.8. The molecular weight excluding hydrogens is 349 g/mol.